The summed E-state index contributed by atoms with van der Waals surface area (Å²) in [7, 11) is 0. The van der Waals surface area contributed by atoms with Crippen molar-refractivity contribution in [2.75, 3.05) is 6.54 Å². The lowest BCUT2D eigenvalue weighted by atomic mass is 10.2. The Labute approximate surface area is 79.8 Å². The van der Waals surface area contributed by atoms with Gasteiger partial charge in [-0.15, -0.1) is 0 Å². The van der Waals surface area contributed by atoms with Crippen LogP contribution in [0.25, 0.3) is 0 Å². The van der Waals surface area contributed by atoms with E-state index in [-0.39, 0.29) is 17.1 Å². The second-order valence-corrected chi connectivity index (χ2v) is 5.00. The summed E-state index contributed by atoms with van der Waals surface area (Å²) < 4.78 is 5.16. The van der Waals surface area contributed by atoms with Gasteiger partial charge in [-0.3, -0.25) is 4.79 Å². The summed E-state index contributed by atoms with van der Waals surface area (Å²) >= 11 is 0. The Kier molecular flexibility index (Phi) is 2.66. The molecule has 1 N–H and O–H groups in total. The molecule has 1 rings (SSSR count). The van der Waals surface area contributed by atoms with E-state index in [9.17, 15) is 4.79 Å². The van der Waals surface area contributed by atoms with Crippen molar-refractivity contribution in [3.8, 4) is 0 Å². The fraction of sp³-hybridized carbons (Fsp3) is 0.900. The van der Waals surface area contributed by atoms with E-state index in [4.69, 9.17) is 4.74 Å². The average molecular weight is 185 g/mol. The molecule has 0 atom stereocenters. The SMILES string of the molecule is CC1(NCC(=O)OC(C)(C)C)CC1. The molecule has 3 nitrogen and oxygen atoms in total. The smallest absolute Gasteiger partial charge is 0.320 e. The number of nitrogens with one attached hydrogen (secondary N) is 1. The number of carbonyl (C=O) groups is 1. The van der Waals surface area contributed by atoms with Crippen LogP contribution >= 0.6 is 0 Å². The highest BCUT2D eigenvalue weighted by atomic mass is 16.6. The number of ether oxygens (including phenoxy) is 1. The van der Waals surface area contributed by atoms with Crippen LogP contribution in [0.5, 0.6) is 0 Å². The molecule has 0 aromatic carbocycles. The quantitative estimate of drug-likeness (QED) is 0.677. The molecule has 76 valence electrons. The van der Waals surface area contributed by atoms with E-state index in [0.29, 0.717) is 6.54 Å². The number of hydrogen-bond donors (Lipinski definition) is 1. The molecule has 0 radical (unpaired) electrons. The van der Waals surface area contributed by atoms with Crippen LogP contribution in [0.2, 0.25) is 0 Å². The van der Waals surface area contributed by atoms with Gasteiger partial charge in [0.1, 0.15) is 5.60 Å². The summed E-state index contributed by atoms with van der Waals surface area (Å²) in [5.41, 5.74) is -0.167. The Bertz CT molecular complexity index is 201. The van der Waals surface area contributed by atoms with Crippen molar-refractivity contribution in [1.82, 2.24) is 5.32 Å². The summed E-state index contributed by atoms with van der Waals surface area (Å²) in [5, 5.41) is 3.18. The third kappa shape index (κ3) is 4.27. The molecule has 1 aliphatic carbocycles. The Morgan fingerprint density at radius 2 is 2.00 bits per heavy atom. The summed E-state index contributed by atoms with van der Waals surface area (Å²) in [6.45, 7) is 8.09. The van der Waals surface area contributed by atoms with E-state index in [1.54, 1.807) is 0 Å². The number of rotatable bonds is 3. The van der Waals surface area contributed by atoms with Gasteiger partial charge < -0.3 is 10.1 Å². The number of esters is 1. The van der Waals surface area contributed by atoms with Crippen LogP contribution in [-0.4, -0.2) is 23.7 Å². The average Bonchev–Trinajstić information content (AvgIpc) is 2.62. The lowest BCUT2D eigenvalue weighted by molar-refractivity contribution is -0.153. The van der Waals surface area contributed by atoms with Gasteiger partial charge in [-0.2, -0.15) is 0 Å². The zero-order chi connectivity index (χ0) is 10.1. The maximum atomic E-state index is 11.2. The minimum atomic E-state index is -0.372. The second kappa shape index (κ2) is 3.29. The molecule has 0 aromatic rings. The summed E-state index contributed by atoms with van der Waals surface area (Å²) in [6, 6.07) is 0. The van der Waals surface area contributed by atoms with Crippen molar-refractivity contribution >= 4 is 5.97 Å². The lowest BCUT2D eigenvalue weighted by Gasteiger charge is -2.20. The summed E-state index contributed by atoms with van der Waals surface area (Å²) in [5.74, 6) is -0.166. The Hall–Kier alpha value is -0.570. The largest absolute Gasteiger partial charge is 0.459 e. The first-order valence-electron chi connectivity index (χ1n) is 4.78. The Morgan fingerprint density at radius 3 is 2.38 bits per heavy atom. The highest BCUT2D eigenvalue weighted by Crippen LogP contribution is 2.33. The molecule has 0 unspecified atom stereocenters. The minimum absolute atomic E-state index is 0.166. The van der Waals surface area contributed by atoms with Crippen molar-refractivity contribution < 1.29 is 9.53 Å². The molecule has 0 saturated heterocycles. The molecule has 0 spiro atoms. The van der Waals surface area contributed by atoms with Crippen LogP contribution in [0.1, 0.15) is 40.5 Å². The number of hydrogen-bond acceptors (Lipinski definition) is 3. The molecular weight excluding hydrogens is 166 g/mol. The van der Waals surface area contributed by atoms with E-state index in [0.717, 1.165) is 12.8 Å². The van der Waals surface area contributed by atoms with Crippen LogP contribution in [0, 0.1) is 0 Å². The van der Waals surface area contributed by atoms with Gasteiger partial charge in [-0.1, -0.05) is 0 Å². The van der Waals surface area contributed by atoms with Gasteiger partial charge >= 0.3 is 5.97 Å². The van der Waals surface area contributed by atoms with Crippen molar-refractivity contribution in [2.24, 2.45) is 0 Å². The minimum Gasteiger partial charge on any atom is -0.459 e. The monoisotopic (exact) mass is 185 g/mol. The fourth-order valence-electron chi connectivity index (χ4n) is 1.03. The van der Waals surface area contributed by atoms with Gasteiger partial charge in [0, 0.05) is 5.54 Å². The van der Waals surface area contributed by atoms with Crippen LogP contribution in [0.15, 0.2) is 0 Å². The first-order chi connectivity index (χ1) is 5.81. The van der Waals surface area contributed by atoms with Gasteiger partial charge in [0.25, 0.3) is 0 Å². The van der Waals surface area contributed by atoms with E-state index in [1.807, 2.05) is 20.8 Å². The molecule has 1 aliphatic rings. The zero-order valence-corrected chi connectivity index (χ0v) is 8.94. The molecular formula is C10H19NO2. The summed E-state index contributed by atoms with van der Waals surface area (Å²) in [4.78, 5) is 11.2. The summed E-state index contributed by atoms with van der Waals surface area (Å²) in [6.07, 6.45) is 2.32. The van der Waals surface area contributed by atoms with Crippen LogP contribution in [-0.2, 0) is 9.53 Å². The standard InChI is InChI=1S/C10H19NO2/c1-9(2,3)13-8(12)7-11-10(4)5-6-10/h11H,5-7H2,1-4H3. The topological polar surface area (TPSA) is 38.3 Å². The van der Waals surface area contributed by atoms with Crippen molar-refractivity contribution in [2.45, 2.75) is 51.7 Å². The zero-order valence-electron chi connectivity index (χ0n) is 8.94. The van der Waals surface area contributed by atoms with Crippen molar-refractivity contribution in [1.29, 1.82) is 0 Å². The van der Waals surface area contributed by atoms with E-state index >= 15 is 0 Å². The molecule has 3 heteroatoms. The number of carbonyl (C=O) groups excluding carboxylic acids is 1. The van der Waals surface area contributed by atoms with Crippen molar-refractivity contribution in [3.63, 3.8) is 0 Å². The van der Waals surface area contributed by atoms with Gasteiger partial charge in [0.15, 0.2) is 0 Å². The molecule has 1 saturated carbocycles. The molecule has 1 fully saturated rings. The van der Waals surface area contributed by atoms with Gasteiger partial charge in [-0.25, -0.2) is 0 Å². The van der Waals surface area contributed by atoms with Gasteiger partial charge in [0.2, 0.25) is 0 Å². The Balaban J connectivity index is 2.18. The highest BCUT2D eigenvalue weighted by molar-refractivity contribution is 5.72. The first-order valence-corrected chi connectivity index (χ1v) is 4.78. The van der Waals surface area contributed by atoms with E-state index in [2.05, 4.69) is 12.2 Å². The van der Waals surface area contributed by atoms with Crippen LogP contribution < -0.4 is 5.32 Å². The van der Waals surface area contributed by atoms with Crippen LogP contribution in [0.3, 0.4) is 0 Å². The van der Waals surface area contributed by atoms with E-state index in [1.165, 1.54) is 0 Å². The van der Waals surface area contributed by atoms with E-state index < -0.39 is 0 Å². The predicted molar refractivity (Wildman–Crippen MR) is 51.5 cm³/mol. The molecule has 0 amide bonds. The van der Waals surface area contributed by atoms with Crippen LogP contribution in [0.4, 0.5) is 0 Å². The molecule has 0 aliphatic heterocycles. The normalized spacial score (nSPS) is 19.7. The third-order valence-corrected chi connectivity index (χ3v) is 2.08. The Morgan fingerprint density at radius 1 is 1.46 bits per heavy atom. The maximum Gasteiger partial charge on any atom is 0.320 e. The van der Waals surface area contributed by atoms with Gasteiger partial charge in [-0.05, 0) is 40.5 Å². The molecule has 0 bridgehead atoms. The fourth-order valence-corrected chi connectivity index (χ4v) is 1.03. The lowest BCUT2D eigenvalue weighted by Crippen LogP contribution is -2.36. The molecule has 13 heavy (non-hydrogen) atoms. The predicted octanol–water partition coefficient (Wildman–Crippen LogP) is 1.47. The van der Waals surface area contributed by atoms with Gasteiger partial charge in [0.05, 0.1) is 6.54 Å². The molecule has 0 heterocycles. The maximum absolute atomic E-state index is 11.2. The highest BCUT2D eigenvalue weighted by Gasteiger charge is 2.37. The van der Waals surface area contributed by atoms with Crippen molar-refractivity contribution in [3.05, 3.63) is 0 Å². The first kappa shape index (κ1) is 10.5. The second-order valence-electron chi connectivity index (χ2n) is 5.00. The molecule has 0 aromatic heterocycles. The third-order valence-electron chi connectivity index (χ3n) is 2.08.